The maximum atomic E-state index is 12.0. The molecule has 0 unspecified atom stereocenters. The van der Waals surface area contributed by atoms with Crippen LogP contribution in [-0.4, -0.2) is 57.1 Å². The lowest BCUT2D eigenvalue weighted by atomic mass is 9.81. The number of nitrogens with zero attached hydrogens (tertiary/aromatic N) is 1. The third-order valence-electron chi connectivity index (χ3n) is 3.01. The first-order chi connectivity index (χ1) is 9.25. The van der Waals surface area contributed by atoms with Gasteiger partial charge in [-0.05, 0) is 34.6 Å². The summed E-state index contributed by atoms with van der Waals surface area (Å²) >= 11 is 0. The van der Waals surface area contributed by atoms with Gasteiger partial charge in [0.15, 0.2) is 5.54 Å². The number of ketones is 1. The van der Waals surface area contributed by atoms with Gasteiger partial charge in [-0.15, -0.1) is 0 Å². The molecule has 0 rings (SSSR count). The van der Waals surface area contributed by atoms with Crippen LogP contribution in [0.1, 0.15) is 34.6 Å². The molecule has 2 atom stereocenters. The van der Waals surface area contributed by atoms with E-state index in [0.29, 0.717) is 4.90 Å². The van der Waals surface area contributed by atoms with Gasteiger partial charge in [-0.2, -0.15) is 0 Å². The predicted octanol–water partition coefficient (Wildman–Crippen LogP) is 0.986. The minimum Gasteiger partial charge on any atom is -0.481 e. The Morgan fingerprint density at radius 2 is 1.48 bits per heavy atom. The van der Waals surface area contributed by atoms with Gasteiger partial charge in [0.25, 0.3) is 0 Å². The number of Topliss-reactive ketones (excluding diaryl/α,β-unsaturated/α-hetero) is 1. The normalized spacial score (nSPS) is 15.5. The zero-order valence-electron chi connectivity index (χ0n) is 13.0. The van der Waals surface area contributed by atoms with Crippen LogP contribution in [0, 0.1) is 5.92 Å². The van der Waals surface area contributed by atoms with E-state index >= 15 is 0 Å². The highest BCUT2D eigenvalue weighted by molar-refractivity contribution is 6.04. The number of rotatable bonds is 5. The number of carboxylic acids is 2. The van der Waals surface area contributed by atoms with Crippen molar-refractivity contribution in [2.75, 3.05) is 7.05 Å². The van der Waals surface area contributed by atoms with Crippen molar-refractivity contribution >= 4 is 23.8 Å². The molecular formula is C13H21NO7. The molecule has 120 valence electrons. The first-order valence-corrected chi connectivity index (χ1v) is 6.18. The molecule has 0 saturated carbocycles. The summed E-state index contributed by atoms with van der Waals surface area (Å²) in [6, 6.07) is 0. The van der Waals surface area contributed by atoms with Crippen molar-refractivity contribution in [3.05, 3.63) is 0 Å². The number of carboxylic acid groups (broad SMARTS) is 2. The van der Waals surface area contributed by atoms with Gasteiger partial charge in [-0.3, -0.25) is 14.5 Å². The first kappa shape index (κ1) is 18.9. The molecule has 0 aromatic rings. The second-order valence-electron chi connectivity index (χ2n) is 5.87. The molecule has 2 N–H and O–H groups in total. The lowest BCUT2D eigenvalue weighted by molar-refractivity contribution is -0.165. The SMILES string of the molecule is CC(=O)[C@@H](C(=O)O)[C@@](C)(C(=O)O)N(C)C(=O)OC(C)(C)C. The fraction of sp³-hybridized carbons (Fsp3) is 0.692. The molecule has 0 saturated heterocycles. The van der Waals surface area contributed by atoms with Gasteiger partial charge in [0.2, 0.25) is 0 Å². The van der Waals surface area contributed by atoms with Crippen molar-refractivity contribution in [1.29, 1.82) is 0 Å². The van der Waals surface area contributed by atoms with Crippen molar-refractivity contribution in [3.8, 4) is 0 Å². The van der Waals surface area contributed by atoms with Gasteiger partial charge in [-0.25, -0.2) is 9.59 Å². The second-order valence-corrected chi connectivity index (χ2v) is 5.87. The molecule has 1 amide bonds. The third kappa shape index (κ3) is 4.17. The molecule has 0 aliphatic carbocycles. The Hall–Kier alpha value is -2.12. The Balaban J connectivity index is 5.76. The van der Waals surface area contributed by atoms with Gasteiger partial charge in [0.05, 0.1) is 0 Å². The number of hydrogen-bond acceptors (Lipinski definition) is 5. The fourth-order valence-corrected chi connectivity index (χ4v) is 1.79. The first-order valence-electron chi connectivity index (χ1n) is 6.18. The summed E-state index contributed by atoms with van der Waals surface area (Å²) in [5.41, 5.74) is -3.15. The van der Waals surface area contributed by atoms with Crippen LogP contribution < -0.4 is 0 Å². The number of ether oxygens (including phenoxy) is 1. The maximum Gasteiger partial charge on any atom is 0.411 e. The summed E-state index contributed by atoms with van der Waals surface area (Å²) in [7, 11) is 1.08. The largest absolute Gasteiger partial charge is 0.481 e. The van der Waals surface area contributed by atoms with Crippen LogP contribution >= 0.6 is 0 Å². The van der Waals surface area contributed by atoms with E-state index in [1.165, 1.54) is 0 Å². The van der Waals surface area contributed by atoms with Crippen LogP contribution in [0.4, 0.5) is 4.79 Å². The Morgan fingerprint density at radius 1 is 1.05 bits per heavy atom. The van der Waals surface area contributed by atoms with Gasteiger partial charge in [0.1, 0.15) is 17.3 Å². The zero-order valence-corrected chi connectivity index (χ0v) is 13.0. The maximum absolute atomic E-state index is 12.0. The molecule has 8 nitrogen and oxygen atoms in total. The van der Waals surface area contributed by atoms with Crippen LogP contribution in [0.5, 0.6) is 0 Å². The second kappa shape index (κ2) is 6.11. The van der Waals surface area contributed by atoms with E-state index in [9.17, 15) is 24.3 Å². The highest BCUT2D eigenvalue weighted by Gasteiger charge is 2.54. The van der Waals surface area contributed by atoms with Crippen molar-refractivity contribution in [2.24, 2.45) is 5.92 Å². The minimum atomic E-state index is -2.26. The van der Waals surface area contributed by atoms with Crippen LogP contribution in [0.2, 0.25) is 0 Å². The number of carbonyl (C=O) groups excluding carboxylic acids is 2. The van der Waals surface area contributed by atoms with E-state index in [-0.39, 0.29) is 0 Å². The van der Waals surface area contributed by atoms with Crippen molar-refractivity contribution in [3.63, 3.8) is 0 Å². The molecular weight excluding hydrogens is 282 g/mol. The summed E-state index contributed by atoms with van der Waals surface area (Å²) in [4.78, 5) is 46.9. The van der Waals surface area contributed by atoms with Crippen molar-refractivity contribution in [2.45, 2.75) is 45.8 Å². The molecule has 0 fully saturated rings. The van der Waals surface area contributed by atoms with Crippen LogP contribution in [0.25, 0.3) is 0 Å². The Bertz CT molecular complexity index is 452. The van der Waals surface area contributed by atoms with E-state index in [1.807, 2.05) is 0 Å². The summed E-state index contributed by atoms with van der Waals surface area (Å²) < 4.78 is 5.02. The van der Waals surface area contributed by atoms with E-state index in [2.05, 4.69) is 0 Å². The Kier molecular flexibility index (Phi) is 5.49. The summed E-state index contributed by atoms with van der Waals surface area (Å²) in [5.74, 6) is -6.02. The Morgan fingerprint density at radius 3 is 1.71 bits per heavy atom. The summed E-state index contributed by atoms with van der Waals surface area (Å²) in [5, 5.41) is 18.5. The predicted molar refractivity (Wildman–Crippen MR) is 71.8 cm³/mol. The minimum absolute atomic E-state index is 0.626. The van der Waals surface area contributed by atoms with Crippen LogP contribution in [0.3, 0.4) is 0 Å². The van der Waals surface area contributed by atoms with Gasteiger partial charge in [-0.1, -0.05) is 0 Å². The molecule has 0 spiro atoms. The quantitative estimate of drug-likeness (QED) is 0.726. The fourth-order valence-electron chi connectivity index (χ4n) is 1.79. The number of amides is 1. The van der Waals surface area contributed by atoms with Gasteiger partial charge < -0.3 is 14.9 Å². The zero-order chi connectivity index (χ0) is 17.2. The smallest absolute Gasteiger partial charge is 0.411 e. The average Bonchev–Trinajstić information content (AvgIpc) is 2.23. The monoisotopic (exact) mass is 303 g/mol. The van der Waals surface area contributed by atoms with Gasteiger partial charge >= 0.3 is 18.0 Å². The Labute approximate surface area is 122 Å². The lowest BCUT2D eigenvalue weighted by Crippen LogP contribution is -2.62. The van der Waals surface area contributed by atoms with E-state index in [0.717, 1.165) is 20.9 Å². The topological polar surface area (TPSA) is 121 Å². The number of aliphatic carboxylic acids is 2. The summed E-state index contributed by atoms with van der Waals surface area (Å²) in [6.45, 7) is 6.70. The van der Waals surface area contributed by atoms with Crippen molar-refractivity contribution < 1.29 is 34.1 Å². The average molecular weight is 303 g/mol. The third-order valence-corrected chi connectivity index (χ3v) is 3.01. The number of likely N-dealkylation sites (N-methyl/N-ethyl adjacent to an activating group) is 1. The molecule has 0 aliphatic heterocycles. The number of hydrogen-bond donors (Lipinski definition) is 2. The molecule has 21 heavy (non-hydrogen) atoms. The highest BCUT2D eigenvalue weighted by Crippen LogP contribution is 2.27. The summed E-state index contributed by atoms with van der Waals surface area (Å²) in [6.07, 6.45) is -1.03. The molecule has 0 radical (unpaired) electrons. The van der Waals surface area contributed by atoms with Crippen LogP contribution in [-0.2, 0) is 19.1 Å². The van der Waals surface area contributed by atoms with Crippen molar-refractivity contribution in [1.82, 2.24) is 4.90 Å². The molecule has 0 heterocycles. The van der Waals surface area contributed by atoms with Crippen LogP contribution in [0.15, 0.2) is 0 Å². The molecule has 0 aromatic carbocycles. The standard InChI is InChI=1S/C13H21NO7/c1-7(15)8(9(16)17)13(5,10(18)19)14(6)11(20)21-12(2,3)4/h8H,1-6H3,(H,16,17)(H,18,19)/t8-,13-/m0/s1. The van der Waals surface area contributed by atoms with E-state index < -0.39 is 40.9 Å². The molecule has 0 aliphatic rings. The van der Waals surface area contributed by atoms with E-state index in [4.69, 9.17) is 9.84 Å². The number of carbonyl (C=O) groups is 4. The lowest BCUT2D eigenvalue weighted by Gasteiger charge is -2.38. The molecule has 0 aromatic heterocycles. The molecule has 0 bridgehead atoms. The highest BCUT2D eigenvalue weighted by atomic mass is 16.6. The molecule has 8 heteroatoms. The van der Waals surface area contributed by atoms with E-state index in [1.54, 1.807) is 20.8 Å². The van der Waals surface area contributed by atoms with Gasteiger partial charge in [0, 0.05) is 7.05 Å².